The summed E-state index contributed by atoms with van der Waals surface area (Å²) < 4.78 is 5.44. The van der Waals surface area contributed by atoms with Crippen LogP contribution in [0.1, 0.15) is 36.5 Å². The van der Waals surface area contributed by atoms with Gasteiger partial charge in [0.05, 0.1) is 18.4 Å². The van der Waals surface area contributed by atoms with Crippen molar-refractivity contribution in [3.63, 3.8) is 0 Å². The fraction of sp³-hybridized carbons (Fsp3) is 0.360. The predicted molar refractivity (Wildman–Crippen MR) is 123 cm³/mol. The zero-order valence-electron chi connectivity index (χ0n) is 18.4. The third-order valence-corrected chi connectivity index (χ3v) is 6.57. The molecule has 162 valence electrons. The van der Waals surface area contributed by atoms with Gasteiger partial charge in [-0.15, -0.1) is 0 Å². The van der Waals surface area contributed by atoms with Crippen LogP contribution < -0.4 is 9.64 Å². The van der Waals surface area contributed by atoms with E-state index in [1.54, 1.807) is 18.2 Å². The molecule has 0 bridgehead atoms. The summed E-state index contributed by atoms with van der Waals surface area (Å²) in [6.45, 7) is 7.78. The van der Waals surface area contributed by atoms with Crippen LogP contribution in [0.15, 0.2) is 42.1 Å². The van der Waals surface area contributed by atoms with Gasteiger partial charge in [0, 0.05) is 18.1 Å². The third-order valence-electron chi connectivity index (χ3n) is 6.34. The lowest BCUT2D eigenvalue weighted by Gasteiger charge is -2.32. The van der Waals surface area contributed by atoms with Crippen molar-refractivity contribution >= 4 is 34.7 Å². The molecule has 4 rings (SSSR count). The van der Waals surface area contributed by atoms with Crippen molar-refractivity contribution in [1.82, 2.24) is 4.90 Å². The van der Waals surface area contributed by atoms with Gasteiger partial charge < -0.3 is 9.64 Å². The highest BCUT2D eigenvalue weighted by molar-refractivity contribution is 6.46. The highest BCUT2D eigenvalue weighted by Gasteiger charge is 2.44. The molecule has 5 nitrogen and oxygen atoms in total. The Bertz CT molecular complexity index is 1080. The molecule has 31 heavy (non-hydrogen) atoms. The molecule has 2 aliphatic heterocycles. The van der Waals surface area contributed by atoms with Gasteiger partial charge in [0.25, 0.3) is 11.8 Å². The minimum atomic E-state index is -0.345. The van der Waals surface area contributed by atoms with Gasteiger partial charge in [0.1, 0.15) is 11.4 Å². The number of aryl methyl sites for hydroxylation is 2. The fourth-order valence-corrected chi connectivity index (χ4v) is 4.42. The Morgan fingerprint density at radius 1 is 0.968 bits per heavy atom. The molecule has 0 unspecified atom stereocenters. The van der Waals surface area contributed by atoms with E-state index in [4.69, 9.17) is 16.3 Å². The van der Waals surface area contributed by atoms with Gasteiger partial charge in [-0.3, -0.25) is 9.59 Å². The standard InChI is InChI=1S/C25H27ClN2O3/c1-15-9-11-27(12-10-15)23-22(18-6-5-16(2)17(3)13-18)24(29)28(25(23)30)20-14-19(26)7-8-21(20)31-4/h5-8,13-15H,9-12H2,1-4H3. The Morgan fingerprint density at radius 2 is 1.68 bits per heavy atom. The van der Waals surface area contributed by atoms with Crippen LogP contribution in [0.3, 0.4) is 0 Å². The van der Waals surface area contributed by atoms with Crippen LogP contribution in [0.25, 0.3) is 5.57 Å². The van der Waals surface area contributed by atoms with Gasteiger partial charge >= 0.3 is 0 Å². The van der Waals surface area contributed by atoms with E-state index in [0.29, 0.717) is 33.6 Å². The van der Waals surface area contributed by atoms with E-state index in [0.717, 1.165) is 42.6 Å². The van der Waals surface area contributed by atoms with Crippen LogP contribution in [0, 0.1) is 19.8 Å². The first-order valence-corrected chi connectivity index (χ1v) is 11.0. The maximum atomic E-state index is 13.7. The molecular formula is C25H27ClN2O3. The van der Waals surface area contributed by atoms with E-state index in [9.17, 15) is 9.59 Å². The van der Waals surface area contributed by atoms with Crippen LogP contribution >= 0.6 is 11.6 Å². The van der Waals surface area contributed by atoms with E-state index in [-0.39, 0.29) is 11.8 Å². The number of halogens is 1. The molecule has 0 saturated carbocycles. The molecule has 6 heteroatoms. The van der Waals surface area contributed by atoms with E-state index < -0.39 is 0 Å². The zero-order chi connectivity index (χ0) is 22.3. The van der Waals surface area contributed by atoms with Crippen molar-refractivity contribution in [2.45, 2.75) is 33.6 Å². The summed E-state index contributed by atoms with van der Waals surface area (Å²) in [6, 6.07) is 10.9. The summed E-state index contributed by atoms with van der Waals surface area (Å²) in [4.78, 5) is 30.7. The van der Waals surface area contributed by atoms with Gasteiger partial charge in [-0.2, -0.15) is 0 Å². The van der Waals surface area contributed by atoms with Crippen LogP contribution in [0.4, 0.5) is 5.69 Å². The summed E-state index contributed by atoms with van der Waals surface area (Å²) in [7, 11) is 1.52. The number of amides is 2. The quantitative estimate of drug-likeness (QED) is 0.631. The topological polar surface area (TPSA) is 49.9 Å². The van der Waals surface area contributed by atoms with Gasteiger partial charge in [-0.1, -0.05) is 36.7 Å². The van der Waals surface area contributed by atoms with E-state index in [1.807, 2.05) is 32.0 Å². The third kappa shape index (κ3) is 3.83. The average Bonchev–Trinajstić information content (AvgIpc) is 3.00. The second-order valence-electron chi connectivity index (χ2n) is 8.45. The Kier molecular flexibility index (Phi) is 5.80. The van der Waals surface area contributed by atoms with Crippen molar-refractivity contribution in [3.05, 3.63) is 63.8 Å². The van der Waals surface area contributed by atoms with Crippen LogP contribution in [0.5, 0.6) is 5.75 Å². The number of piperidine rings is 1. The highest BCUT2D eigenvalue weighted by atomic mass is 35.5. The Morgan fingerprint density at radius 3 is 2.32 bits per heavy atom. The highest BCUT2D eigenvalue weighted by Crippen LogP contribution is 2.40. The van der Waals surface area contributed by atoms with Crippen molar-refractivity contribution in [3.8, 4) is 5.75 Å². The van der Waals surface area contributed by atoms with Crippen LogP contribution in [-0.2, 0) is 9.59 Å². The monoisotopic (exact) mass is 438 g/mol. The van der Waals surface area contributed by atoms with Crippen molar-refractivity contribution in [2.75, 3.05) is 25.1 Å². The number of nitrogens with zero attached hydrogens (tertiary/aromatic N) is 2. The number of hydrogen-bond donors (Lipinski definition) is 0. The first-order chi connectivity index (χ1) is 14.8. The SMILES string of the molecule is COc1ccc(Cl)cc1N1C(=O)C(c2ccc(C)c(C)c2)=C(N2CCC(C)CC2)C1=O. The molecule has 1 fully saturated rings. The number of benzene rings is 2. The van der Waals surface area contributed by atoms with E-state index in [2.05, 4.69) is 11.8 Å². The smallest absolute Gasteiger partial charge is 0.282 e. The van der Waals surface area contributed by atoms with E-state index >= 15 is 0 Å². The Hall–Kier alpha value is -2.79. The molecular weight excluding hydrogens is 412 g/mol. The van der Waals surface area contributed by atoms with Gasteiger partial charge in [0.2, 0.25) is 0 Å². The molecule has 2 aliphatic rings. The number of likely N-dealkylation sites (tertiary alicyclic amines) is 1. The lowest BCUT2D eigenvalue weighted by molar-refractivity contribution is -0.120. The number of rotatable bonds is 4. The fourth-order valence-electron chi connectivity index (χ4n) is 4.26. The lowest BCUT2D eigenvalue weighted by atomic mass is 9.96. The Balaban J connectivity index is 1.86. The van der Waals surface area contributed by atoms with Crippen molar-refractivity contribution in [1.29, 1.82) is 0 Å². The molecule has 0 atom stereocenters. The predicted octanol–water partition coefficient (Wildman–Crippen LogP) is 4.98. The average molecular weight is 439 g/mol. The minimum absolute atomic E-state index is 0.326. The minimum Gasteiger partial charge on any atom is -0.495 e. The number of methoxy groups -OCH3 is 1. The van der Waals surface area contributed by atoms with Gasteiger partial charge in [-0.25, -0.2) is 4.90 Å². The molecule has 0 radical (unpaired) electrons. The molecule has 0 spiro atoms. The zero-order valence-corrected chi connectivity index (χ0v) is 19.1. The number of anilines is 1. The number of carbonyl (C=O) groups is 2. The second kappa shape index (κ2) is 8.39. The molecule has 2 heterocycles. The van der Waals surface area contributed by atoms with Gasteiger partial charge in [0.15, 0.2) is 0 Å². The lowest BCUT2D eigenvalue weighted by Crippen LogP contribution is -2.38. The number of hydrogen-bond acceptors (Lipinski definition) is 4. The summed E-state index contributed by atoms with van der Waals surface area (Å²) >= 11 is 6.21. The maximum absolute atomic E-state index is 13.7. The van der Waals surface area contributed by atoms with Gasteiger partial charge in [-0.05, 0) is 67.5 Å². The van der Waals surface area contributed by atoms with Crippen LogP contribution in [0.2, 0.25) is 5.02 Å². The van der Waals surface area contributed by atoms with E-state index in [1.165, 1.54) is 12.0 Å². The molecule has 0 N–H and O–H groups in total. The molecule has 2 aromatic rings. The molecule has 2 amide bonds. The normalized spacial score (nSPS) is 17.7. The Labute approximate surface area is 188 Å². The largest absolute Gasteiger partial charge is 0.495 e. The number of imide groups is 1. The molecule has 1 saturated heterocycles. The number of carbonyl (C=O) groups excluding carboxylic acids is 2. The number of ether oxygens (including phenoxy) is 1. The first kappa shape index (κ1) is 21.4. The summed E-state index contributed by atoms with van der Waals surface area (Å²) in [6.07, 6.45) is 1.98. The van der Waals surface area contributed by atoms with Crippen LogP contribution in [-0.4, -0.2) is 36.9 Å². The summed E-state index contributed by atoms with van der Waals surface area (Å²) in [5, 5.41) is 0.435. The molecule has 0 aliphatic carbocycles. The second-order valence-corrected chi connectivity index (χ2v) is 8.89. The molecule has 2 aromatic carbocycles. The van der Waals surface area contributed by atoms with Crippen molar-refractivity contribution in [2.24, 2.45) is 5.92 Å². The maximum Gasteiger partial charge on any atom is 0.282 e. The summed E-state index contributed by atoms with van der Waals surface area (Å²) in [5.74, 6) is 0.369. The van der Waals surface area contributed by atoms with Crippen molar-refractivity contribution < 1.29 is 14.3 Å². The summed E-state index contributed by atoms with van der Waals surface area (Å²) in [5.41, 5.74) is 4.27. The first-order valence-electron chi connectivity index (χ1n) is 10.6. The molecule has 0 aromatic heterocycles.